The van der Waals surface area contributed by atoms with Gasteiger partial charge in [0.15, 0.2) is 0 Å². The maximum absolute atomic E-state index is 13.6. The summed E-state index contributed by atoms with van der Waals surface area (Å²) < 4.78 is 15.2. The summed E-state index contributed by atoms with van der Waals surface area (Å²) in [4.78, 5) is 17.3. The molecular weight excluding hydrogens is 305 g/mol. The summed E-state index contributed by atoms with van der Waals surface area (Å²) in [5.41, 5.74) is 4.52. The van der Waals surface area contributed by atoms with Crippen LogP contribution in [0, 0.1) is 19.7 Å². The van der Waals surface area contributed by atoms with E-state index in [4.69, 9.17) is 0 Å². The normalized spacial score (nSPS) is 11.0. The Morgan fingerprint density at radius 3 is 2.75 bits per heavy atom. The van der Waals surface area contributed by atoms with Gasteiger partial charge in [0, 0.05) is 11.9 Å². The number of nitrogens with zero attached hydrogens (tertiary/aromatic N) is 2. The van der Waals surface area contributed by atoms with Crippen LogP contribution in [-0.2, 0) is 6.42 Å². The Hall–Kier alpha value is -2.69. The van der Waals surface area contributed by atoms with E-state index in [2.05, 4.69) is 10.3 Å². The van der Waals surface area contributed by atoms with Crippen LogP contribution in [0.2, 0.25) is 0 Å². The number of carbonyl (C=O) groups is 1. The van der Waals surface area contributed by atoms with Crippen molar-refractivity contribution in [1.29, 1.82) is 0 Å². The number of imidazole rings is 1. The third-order valence-electron chi connectivity index (χ3n) is 3.99. The molecule has 0 spiro atoms. The summed E-state index contributed by atoms with van der Waals surface area (Å²) in [7, 11) is 0. The lowest BCUT2D eigenvalue weighted by Crippen LogP contribution is -2.17. The third kappa shape index (κ3) is 3.02. The van der Waals surface area contributed by atoms with Gasteiger partial charge < -0.3 is 5.32 Å². The van der Waals surface area contributed by atoms with Crippen LogP contribution in [0.3, 0.4) is 0 Å². The van der Waals surface area contributed by atoms with Crippen molar-refractivity contribution in [3.05, 3.63) is 64.9 Å². The highest BCUT2D eigenvalue weighted by atomic mass is 19.1. The highest BCUT2D eigenvalue weighted by molar-refractivity contribution is 6.04. The number of aryl methyl sites for hydroxylation is 3. The fourth-order valence-electron chi connectivity index (χ4n) is 2.85. The largest absolute Gasteiger partial charge is 0.320 e. The number of carbonyl (C=O) groups excluding carboxylic acids is 1. The van der Waals surface area contributed by atoms with Crippen LogP contribution in [0.25, 0.3) is 5.65 Å². The minimum atomic E-state index is -0.400. The van der Waals surface area contributed by atoms with Gasteiger partial charge in [0.1, 0.15) is 17.2 Å². The van der Waals surface area contributed by atoms with Gasteiger partial charge in [-0.25, -0.2) is 9.37 Å². The fourth-order valence-corrected chi connectivity index (χ4v) is 2.85. The van der Waals surface area contributed by atoms with Gasteiger partial charge in [0.2, 0.25) is 0 Å². The van der Waals surface area contributed by atoms with Crippen LogP contribution in [0.4, 0.5) is 10.1 Å². The molecule has 24 heavy (non-hydrogen) atoms. The molecule has 2 heterocycles. The van der Waals surface area contributed by atoms with Crippen molar-refractivity contribution in [2.45, 2.75) is 33.6 Å². The molecule has 3 aromatic rings. The van der Waals surface area contributed by atoms with Crippen molar-refractivity contribution in [1.82, 2.24) is 9.38 Å². The van der Waals surface area contributed by atoms with E-state index in [1.54, 1.807) is 6.07 Å². The monoisotopic (exact) mass is 325 g/mol. The van der Waals surface area contributed by atoms with E-state index >= 15 is 0 Å². The summed E-state index contributed by atoms with van der Waals surface area (Å²) in [6, 6.07) is 8.78. The van der Waals surface area contributed by atoms with E-state index in [9.17, 15) is 9.18 Å². The highest BCUT2D eigenvalue weighted by Gasteiger charge is 2.19. The van der Waals surface area contributed by atoms with Gasteiger partial charge in [-0.05, 0) is 44.0 Å². The van der Waals surface area contributed by atoms with Gasteiger partial charge in [0.25, 0.3) is 5.91 Å². The Balaban J connectivity index is 2.04. The zero-order valence-electron chi connectivity index (χ0n) is 14.1. The minimum Gasteiger partial charge on any atom is -0.320 e. The van der Waals surface area contributed by atoms with E-state index in [1.807, 2.05) is 39.0 Å². The molecule has 0 saturated heterocycles. The molecule has 4 nitrogen and oxygen atoms in total. The summed E-state index contributed by atoms with van der Waals surface area (Å²) in [6.07, 6.45) is 2.83. The zero-order chi connectivity index (χ0) is 17.3. The molecule has 0 aliphatic rings. The van der Waals surface area contributed by atoms with E-state index in [0.29, 0.717) is 23.5 Å². The Labute approximate surface area is 140 Å². The Morgan fingerprint density at radius 1 is 1.25 bits per heavy atom. The van der Waals surface area contributed by atoms with Crippen LogP contribution in [0.1, 0.15) is 40.7 Å². The second kappa shape index (κ2) is 6.43. The summed E-state index contributed by atoms with van der Waals surface area (Å²) >= 11 is 0. The maximum atomic E-state index is 13.6. The first-order valence-electron chi connectivity index (χ1n) is 8.04. The number of halogens is 1. The Kier molecular flexibility index (Phi) is 4.34. The first kappa shape index (κ1) is 16.2. The van der Waals surface area contributed by atoms with Gasteiger partial charge in [-0.3, -0.25) is 9.20 Å². The van der Waals surface area contributed by atoms with Gasteiger partial charge in [-0.15, -0.1) is 0 Å². The fraction of sp³-hybridized carbons (Fsp3) is 0.263. The van der Waals surface area contributed by atoms with Crippen LogP contribution in [-0.4, -0.2) is 15.3 Å². The van der Waals surface area contributed by atoms with Gasteiger partial charge in [0.05, 0.1) is 5.69 Å². The molecule has 1 aromatic carbocycles. The van der Waals surface area contributed by atoms with E-state index in [-0.39, 0.29) is 5.91 Å². The molecule has 124 valence electrons. The number of fused-ring (bicyclic) bond motifs is 1. The molecule has 0 fully saturated rings. The quantitative estimate of drug-likeness (QED) is 0.777. The number of rotatable bonds is 4. The number of hydrogen-bond acceptors (Lipinski definition) is 2. The average molecular weight is 325 g/mol. The molecule has 0 saturated carbocycles. The number of aromatic nitrogens is 2. The maximum Gasteiger partial charge on any atom is 0.274 e. The number of nitrogens with one attached hydrogen (secondary N) is 1. The SMILES string of the molecule is CCCc1nc2ccc(F)cn2c1C(=O)Nc1ccc(C)cc1C. The van der Waals surface area contributed by atoms with Crippen LogP contribution in [0.15, 0.2) is 36.5 Å². The number of anilines is 1. The molecular formula is C19H20FN3O. The molecule has 0 bridgehead atoms. The minimum absolute atomic E-state index is 0.275. The molecule has 0 atom stereocenters. The van der Waals surface area contributed by atoms with Crippen molar-refractivity contribution in [2.75, 3.05) is 5.32 Å². The number of benzene rings is 1. The molecule has 0 aliphatic carbocycles. The van der Waals surface area contributed by atoms with Gasteiger partial charge >= 0.3 is 0 Å². The lowest BCUT2D eigenvalue weighted by Gasteiger charge is -2.10. The van der Waals surface area contributed by atoms with Crippen molar-refractivity contribution in [3.63, 3.8) is 0 Å². The van der Waals surface area contributed by atoms with Crippen molar-refractivity contribution >= 4 is 17.2 Å². The number of hydrogen-bond donors (Lipinski definition) is 1. The van der Waals surface area contributed by atoms with Crippen LogP contribution >= 0.6 is 0 Å². The molecule has 1 amide bonds. The predicted octanol–water partition coefficient (Wildman–Crippen LogP) is 4.30. The van der Waals surface area contributed by atoms with Gasteiger partial charge in [-0.1, -0.05) is 31.0 Å². The average Bonchev–Trinajstić information content (AvgIpc) is 2.87. The summed E-state index contributed by atoms with van der Waals surface area (Å²) in [5.74, 6) is -0.674. The van der Waals surface area contributed by atoms with E-state index in [0.717, 1.165) is 23.2 Å². The molecule has 1 N–H and O–H groups in total. The first-order chi connectivity index (χ1) is 11.5. The number of pyridine rings is 1. The topological polar surface area (TPSA) is 46.4 Å². The third-order valence-corrected chi connectivity index (χ3v) is 3.99. The number of amides is 1. The second-order valence-electron chi connectivity index (χ2n) is 6.01. The van der Waals surface area contributed by atoms with Crippen LogP contribution < -0.4 is 5.32 Å². The van der Waals surface area contributed by atoms with Crippen molar-refractivity contribution in [3.8, 4) is 0 Å². The van der Waals surface area contributed by atoms with Gasteiger partial charge in [-0.2, -0.15) is 0 Å². The summed E-state index contributed by atoms with van der Waals surface area (Å²) in [6.45, 7) is 5.98. The Morgan fingerprint density at radius 2 is 2.04 bits per heavy atom. The molecule has 5 heteroatoms. The standard InChI is InChI=1S/C19H20FN3O/c1-4-5-16-18(23-11-14(20)7-9-17(23)21-16)19(24)22-15-8-6-12(2)10-13(15)3/h6-11H,4-5H2,1-3H3,(H,22,24). The smallest absolute Gasteiger partial charge is 0.274 e. The Bertz CT molecular complexity index is 914. The van der Waals surface area contributed by atoms with E-state index in [1.165, 1.54) is 16.7 Å². The summed E-state index contributed by atoms with van der Waals surface area (Å²) in [5, 5.41) is 2.93. The molecule has 0 aliphatic heterocycles. The molecule has 0 radical (unpaired) electrons. The predicted molar refractivity (Wildman–Crippen MR) is 93.0 cm³/mol. The first-order valence-corrected chi connectivity index (χ1v) is 8.04. The molecule has 0 unspecified atom stereocenters. The van der Waals surface area contributed by atoms with Crippen molar-refractivity contribution < 1.29 is 9.18 Å². The molecule has 2 aromatic heterocycles. The highest BCUT2D eigenvalue weighted by Crippen LogP contribution is 2.20. The van der Waals surface area contributed by atoms with Crippen molar-refractivity contribution in [2.24, 2.45) is 0 Å². The van der Waals surface area contributed by atoms with Crippen LogP contribution in [0.5, 0.6) is 0 Å². The van der Waals surface area contributed by atoms with E-state index < -0.39 is 5.82 Å². The lowest BCUT2D eigenvalue weighted by atomic mass is 10.1. The lowest BCUT2D eigenvalue weighted by molar-refractivity contribution is 0.102. The second-order valence-corrected chi connectivity index (χ2v) is 6.01. The molecule has 3 rings (SSSR count). The zero-order valence-corrected chi connectivity index (χ0v) is 14.1.